The molecule has 0 aliphatic heterocycles. The highest BCUT2D eigenvalue weighted by Crippen LogP contribution is 2.51. The van der Waals surface area contributed by atoms with E-state index < -0.39 is 0 Å². The van der Waals surface area contributed by atoms with Crippen LogP contribution < -0.4 is 0 Å². The van der Waals surface area contributed by atoms with Gasteiger partial charge in [0.2, 0.25) is 0 Å². The number of nitrogens with zero attached hydrogens (tertiary/aromatic N) is 3. The molecule has 10 rings (SSSR count). The van der Waals surface area contributed by atoms with E-state index in [9.17, 15) is 0 Å². The third-order valence-corrected chi connectivity index (χ3v) is 11.6. The van der Waals surface area contributed by atoms with Crippen LogP contribution in [0.4, 0.5) is 0 Å². The zero-order chi connectivity index (χ0) is 25.9. The molecule has 6 heteroatoms. The van der Waals surface area contributed by atoms with E-state index in [-0.39, 0.29) is 0 Å². The number of rotatable bonds is 1. The van der Waals surface area contributed by atoms with Crippen LogP contribution in [0.3, 0.4) is 0 Å². The molecule has 186 valence electrons. The number of aromatic nitrogens is 3. The average Bonchev–Trinajstić information content (AvgIpc) is 3.75. The van der Waals surface area contributed by atoms with E-state index in [2.05, 4.69) is 101 Å². The van der Waals surface area contributed by atoms with Gasteiger partial charge in [-0.1, -0.05) is 54.6 Å². The molecule has 0 radical (unpaired) electrons. The van der Waals surface area contributed by atoms with Gasteiger partial charge in [0.05, 0.1) is 15.7 Å². The van der Waals surface area contributed by atoms with Crippen LogP contribution in [0.25, 0.3) is 88.1 Å². The van der Waals surface area contributed by atoms with Crippen molar-refractivity contribution in [1.82, 2.24) is 14.5 Å². The molecule has 0 N–H and O–H groups in total. The molecule has 0 spiro atoms. The van der Waals surface area contributed by atoms with Gasteiger partial charge in [0.25, 0.3) is 0 Å². The molecule has 5 aromatic carbocycles. The number of benzene rings is 5. The summed E-state index contributed by atoms with van der Waals surface area (Å²) < 4.78 is 9.05. The van der Waals surface area contributed by atoms with Gasteiger partial charge >= 0.3 is 0 Å². The molecule has 3 nitrogen and oxygen atoms in total. The fourth-order valence-corrected chi connectivity index (χ4v) is 10.1. The van der Waals surface area contributed by atoms with Crippen molar-refractivity contribution >= 4 is 116 Å². The minimum absolute atomic E-state index is 1.03. The summed E-state index contributed by atoms with van der Waals surface area (Å²) in [5.41, 5.74) is 3.67. The summed E-state index contributed by atoms with van der Waals surface area (Å²) in [4.78, 5) is 10.2. The Morgan fingerprint density at radius 3 is 2.20 bits per heavy atom. The second kappa shape index (κ2) is 7.64. The van der Waals surface area contributed by atoms with Crippen molar-refractivity contribution in [2.24, 2.45) is 0 Å². The molecule has 0 saturated carbocycles. The molecule has 0 amide bonds. The largest absolute Gasteiger partial charge is 0.308 e. The molecule has 0 bridgehead atoms. The second-order valence-corrected chi connectivity index (χ2v) is 13.3. The fraction of sp³-hybridized carbons (Fsp3) is 0. The van der Waals surface area contributed by atoms with Gasteiger partial charge in [-0.25, -0.2) is 9.97 Å². The number of para-hydroxylation sites is 1. The Bertz CT molecular complexity index is 2670. The second-order valence-electron chi connectivity index (χ2n) is 10.2. The predicted molar refractivity (Wildman–Crippen MR) is 175 cm³/mol. The molecule has 5 heterocycles. The first-order valence-corrected chi connectivity index (χ1v) is 15.6. The van der Waals surface area contributed by atoms with Crippen LogP contribution in [0.5, 0.6) is 0 Å². The lowest BCUT2D eigenvalue weighted by molar-refractivity contribution is 1.20. The van der Waals surface area contributed by atoms with E-state index in [0.29, 0.717) is 0 Å². The summed E-state index contributed by atoms with van der Waals surface area (Å²) in [6, 6.07) is 33.4. The Kier molecular flexibility index (Phi) is 4.10. The molecule has 40 heavy (non-hydrogen) atoms. The highest BCUT2D eigenvalue weighted by atomic mass is 32.1. The molecule has 0 aliphatic carbocycles. The lowest BCUT2D eigenvalue weighted by atomic mass is 10.0. The van der Waals surface area contributed by atoms with Crippen LogP contribution in [0.2, 0.25) is 0 Å². The molecule has 0 atom stereocenters. The molecule has 0 unspecified atom stereocenters. The van der Waals surface area contributed by atoms with E-state index in [4.69, 9.17) is 4.98 Å². The zero-order valence-electron chi connectivity index (χ0n) is 20.9. The average molecular weight is 564 g/mol. The van der Waals surface area contributed by atoms with E-state index in [1.807, 2.05) is 28.9 Å². The van der Waals surface area contributed by atoms with Crippen molar-refractivity contribution in [3.63, 3.8) is 0 Å². The molecule has 10 aromatic rings. The maximum atomic E-state index is 4.71. The van der Waals surface area contributed by atoms with E-state index in [1.165, 1.54) is 77.9 Å². The summed E-state index contributed by atoms with van der Waals surface area (Å²) in [7, 11) is 0. The minimum Gasteiger partial charge on any atom is -0.308 e. The van der Waals surface area contributed by atoms with E-state index in [1.54, 1.807) is 17.7 Å². The topological polar surface area (TPSA) is 30.7 Å². The van der Waals surface area contributed by atoms with Crippen molar-refractivity contribution in [1.29, 1.82) is 0 Å². The lowest BCUT2D eigenvalue weighted by Crippen LogP contribution is -1.93. The van der Waals surface area contributed by atoms with Crippen LogP contribution in [-0.4, -0.2) is 14.5 Å². The number of hydrogen-bond donors (Lipinski definition) is 0. The van der Waals surface area contributed by atoms with Crippen LogP contribution >= 0.6 is 34.0 Å². The van der Waals surface area contributed by atoms with Crippen molar-refractivity contribution in [2.75, 3.05) is 0 Å². The summed E-state index contributed by atoms with van der Waals surface area (Å²) in [6.45, 7) is 0. The Morgan fingerprint density at radius 1 is 0.550 bits per heavy atom. The lowest BCUT2D eigenvalue weighted by Gasteiger charge is -2.10. The highest BCUT2D eigenvalue weighted by molar-refractivity contribution is 7.30. The smallest absolute Gasteiger partial charge is 0.127 e. The molecular weight excluding hydrogens is 547 g/mol. The maximum absolute atomic E-state index is 4.71. The van der Waals surface area contributed by atoms with Gasteiger partial charge in [-0.3, -0.25) is 0 Å². The van der Waals surface area contributed by atoms with Gasteiger partial charge in [-0.15, -0.1) is 34.0 Å². The predicted octanol–water partition coefficient (Wildman–Crippen LogP) is 10.7. The zero-order valence-corrected chi connectivity index (χ0v) is 23.3. The maximum Gasteiger partial charge on any atom is 0.127 e. The summed E-state index contributed by atoms with van der Waals surface area (Å²) >= 11 is 5.54. The Hall–Kier alpha value is -4.36. The number of fused-ring (bicyclic) bond motifs is 15. The van der Waals surface area contributed by atoms with Crippen molar-refractivity contribution < 1.29 is 0 Å². The van der Waals surface area contributed by atoms with Gasteiger partial charge < -0.3 is 4.57 Å². The SMILES string of the molecule is c1ccc2c(c1)sc1ccc(-n3c4ccccc4c4c5c6ccccc6sc5c5c6cncnc6sc5c43)cc12. The first kappa shape index (κ1) is 21.5. The molecular formula is C34H17N3S3. The van der Waals surface area contributed by atoms with Crippen molar-refractivity contribution in [2.45, 2.75) is 0 Å². The van der Waals surface area contributed by atoms with Crippen LogP contribution in [0.15, 0.2) is 104 Å². The summed E-state index contributed by atoms with van der Waals surface area (Å²) in [5.74, 6) is 0. The monoisotopic (exact) mass is 563 g/mol. The highest BCUT2D eigenvalue weighted by Gasteiger charge is 2.24. The molecule has 0 aliphatic rings. The van der Waals surface area contributed by atoms with E-state index in [0.717, 1.165) is 10.2 Å². The molecule has 0 fully saturated rings. The van der Waals surface area contributed by atoms with Gasteiger partial charge in [0.15, 0.2) is 0 Å². The van der Waals surface area contributed by atoms with Crippen molar-refractivity contribution in [3.05, 3.63) is 104 Å². The Labute approximate surface area is 239 Å². The third kappa shape index (κ3) is 2.63. The van der Waals surface area contributed by atoms with Crippen LogP contribution in [0.1, 0.15) is 0 Å². The van der Waals surface area contributed by atoms with Crippen molar-refractivity contribution in [3.8, 4) is 5.69 Å². The van der Waals surface area contributed by atoms with Gasteiger partial charge in [-0.2, -0.15) is 0 Å². The molecule has 5 aromatic heterocycles. The van der Waals surface area contributed by atoms with Crippen LogP contribution in [0, 0.1) is 0 Å². The van der Waals surface area contributed by atoms with Gasteiger partial charge in [0.1, 0.15) is 11.2 Å². The summed E-state index contributed by atoms with van der Waals surface area (Å²) in [6.07, 6.45) is 3.66. The quantitative estimate of drug-likeness (QED) is 0.199. The first-order chi connectivity index (χ1) is 19.8. The third-order valence-electron chi connectivity index (χ3n) is 8.15. The standard InChI is InChI=1S/C34H17N3S3/c1-4-10-24-20(8-1)28-29-21-9-3-6-12-26(21)39-32(29)30-23-16-35-17-36-34(23)40-33(30)31(28)37(24)18-13-14-27-22(15-18)19-7-2-5-11-25(19)38-27/h1-17H. The van der Waals surface area contributed by atoms with Crippen LogP contribution in [-0.2, 0) is 0 Å². The fourth-order valence-electron chi connectivity index (χ4n) is 6.53. The first-order valence-electron chi connectivity index (χ1n) is 13.2. The normalized spacial score (nSPS) is 12.5. The number of thiophene rings is 3. The minimum atomic E-state index is 1.03. The summed E-state index contributed by atoms with van der Waals surface area (Å²) in [5, 5.41) is 10.3. The number of hydrogen-bond acceptors (Lipinski definition) is 5. The van der Waals surface area contributed by atoms with E-state index >= 15 is 0 Å². The van der Waals surface area contributed by atoms with Gasteiger partial charge in [0, 0.05) is 73.8 Å². The molecule has 0 saturated heterocycles. The Morgan fingerprint density at radius 2 is 1.30 bits per heavy atom. The van der Waals surface area contributed by atoms with Gasteiger partial charge in [-0.05, 0) is 36.4 Å². The Balaban J connectivity index is 1.50.